The molecule has 0 spiro atoms. The van der Waals surface area contributed by atoms with Crippen LogP contribution in [0.4, 0.5) is 0 Å². The van der Waals surface area contributed by atoms with Crippen molar-refractivity contribution in [3.8, 4) is 5.75 Å². The number of hydrogen-bond acceptors (Lipinski definition) is 4. The molecule has 0 bridgehead atoms. The van der Waals surface area contributed by atoms with E-state index in [-0.39, 0.29) is 18.1 Å². The van der Waals surface area contributed by atoms with Crippen LogP contribution in [0.1, 0.15) is 44.6 Å². The van der Waals surface area contributed by atoms with E-state index < -0.39 is 5.41 Å². The number of rotatable bonds is 6. The molecule has 1 aromatic carbocycles. The molecule has 1 heterocycles. The minimum Gasteiger partial charge on any atom is -0.497 e. The van der Waals surface area contributed by atoms with Gasteiger partial charge in [0.05, 0.1) is 25.2 Å². The first-order valence-electron chi connectivity index (χ1n) is 9.34. The third kappa shape index (κ3) is 3.82. The normalized spacial score (nSPS) is 25.5. The van der Waals surface area contributed by atoms with E-state index in [1.165, 1.54) is 0 Å². The van der Waals surface area contributed by atoms with Crippen LogP contribution < -0.4 is 10.1 Å². The summed E-state index contributed by atoms with van der Waals surface area (Å²) >= 11 is 0. The number of nitrogens with one attached hydrogen (secondary N) is 1. The van der Waals surface area contributed by atoms with Gasteiger partial charge < -0.3 is 19.5 Å². The first kappa shape index (κ1) is 18.2. The van der Waals surface area contributed by atoms with Crippen molar-refractivity contribution < 1.29 is 19.0 Å². The van der Waals surface area contributed by atoms with Crippen LogP contribution in [-0.2, 0) is 19.7 Å². The van der Waals surface area contributed by atoms with Gasteiger partial charge in [-0.1, -0.05) is 25.0 Å². The van der Waals surface area contributed by atoms with Gasteiger partial charge in [0.15, 0.2) is 0 Å². The topological polar surface area (TPSA) is 56.8 Å². The molecule has 2 atom stereocenters. The van der Waals surface area contributed by atoms with Gasteiger partial charge in [-0.05, 0) is 43.9 Å². The lowest BCUT2D eigenvalue weighted by molar-refractivity contribution is -0.131. The molecular weight excluding hydrogens is 318 g/mol. The van der Waals surface area contributed by atoms with Crippen molar-refractivity contribution in [2.45, 2.75) is 56.6 Å². The standard InChI is InChI=1S/C20H29NO4/c1-3-25-18-14-24-13-10-17(18)21-19(22)20(11-4-5-12-20)15-6-8-16(23-2)9-7-15/h6-9,17-18H,3-5,10-14H2,1-2H3,(H,21,22)/t17-,18-/m1/s1. The molecule has 1 saturated carbocycles. The Kier molecular flexibility index (Phi) is 5.97. The maximum absolute atomic E-state index is 13.3. The molecule has 25 heavy (non-hydrogen) atoms. The predicted octanol–water partition coefficient (Wildman–Crippen LogP) is 2.82. The SMILES string of the molecule is CCO[C@@H]1COCC[C@H]1NC(=O)C1(c2ccc(OC)cc2)CCCC1. The average Bonchev–Trinajstić information content (AvgIpc) is 3.15. The second kappa shape index (κ2) is 8.19. The minimum absolute atomic E-state index is 0.0249. The van der Waals surface area contributed by atoms with Crippen molar-refractivity contribution in [1.82, 2.24) is 5.32 Å². The molecule has 1 aliphatic carbocycles. The van der Waals surface area contributed by atoms with Crippen LogP contribution in [0.15, 0.2) is 24.3 Å². The van der Waals surface area contributed by atoms with Crippen LogP contribution in [0.3, 0.4) is 0 Å². The highest BCUT2D eigenvalue weighted by Gasteiger charge is 2.44. The van der Waals surface area contributed by atoms with Gasteiger partial charge in [0.2, 0.25) is 5.91 Å². The Balaban J connectivity index is 1.78. The Bertz CT molecular complexity index is 564. The highest BCUT2D eigenvalue weighted by atomic mass is 16.5. The smallest absolute Gasteiger partial charge is 0.230 e. The molecular formula is C20H29NO4. The van der Waals surface area contributed by atoms with Crippen LogP contribution in [-0.4, -0.2) is 45.0 Å². The van der Waals surface area contributed by atoms with Gasteiger partial charge in [-0.3, -0.25) is 4.79 Å². The summed E-state index contributed by atoms with van der Waals surface area (Å²) in [5, 5.41) is 3.29. The van der Waals surface area contributed by atoms with E-state index >= 15 is 0 Å². The number of methoxy groups -OCH3 is 1. The van der Waals surface area contributed by atoms with E-state index in [9.17, 15) is 4.79 Å². The molecule has 2 fully saturated rings. The molecule has 2 aliphatic rings. The molecule has 0 unspecified atom stereocenters. The Morgan fingerprint density at radius 2 is 2.00 bits per heavy atom. The number of benzene rings is 1. The van der Waals surface area contributed by atoms with Crippen LogP contribution in [0, 0.1) is 0 Å². The van der Waals surface area contributed by atoms with Crippen molar-refractivity contribution in [3.05, 3.63) is 29.8 Å². The quantitative estimate of drug-likeness (QED) is 0.860. The van der Waals surface area contributed by atoms with Crippen molar-refractivity contribution in [2.24, 2.45) is 0 Å². The number of carbonyl (C=O) groups excluding carboxylic acids is 1. The van der Waals surface area contributed by atoms with Crippen LogP contribution >= 0.6 is 0 Å². The minimum atomic E-state index is -0.429. The second-order valence-corrected chi connectivity index (χ2v) is 6.96. The number of amides is 1. The highest BCUT2D eigenvalue weighted by molar-refractivity contribution is 5.89. The molecule has 1 N–H and O–H groups in total. The van der Waals surface area contributed by atoms with E-state index in [1.54, 1.807) is 7.11 Å². The Labute approximate surface area is 150 Å². The molecule has 1 aliphatic heterocycles. The largest absolute Gasteiger partial charge is 0.497 e. The summed E-state index contributed by atoms with van der Waals surface area (Å²) in [6.45, 7) is 3.83. The van der Waals surface area contributed by atoms with Crippen molar-refractivity contribution in [1.29, 1.82) is 0 Å². The Morgan fingerprint density at radius 3 is 2.64 bits per heavy atom. The number of hydrogen-bond donors (Lipinski definition) is 1. The van der Waals surface area contributed by atoms with Gasteiger partial charge in [0.25, 0.3) is 0 Å². The molecule has 5 nitrogen and oxygen atoms in total. The van der Waals surface area contributed by atoms with Gasteiger partial charge in [-0.2, -0.15) is 0 Å². The highest BCUT2D eigenvalue weighted by Crippen LogP contribution is 2.42. The first-order chi connectivity index (χ1) is 12.2. The predicted molar refractivity (Wildman–Crippen MR) is 95.9 cm³/mol. The maximum atomic E-state index is 13.3. The zero-order chi connectivity index (χ0) is 17.7. The summed E-state index contributed by atoms with van der Waals surface area (Å²) in [5.74, 6) is 0.949. The zero-order valence-corrected chi connectivity index (χ0v) is 15.3. The van der Waals surface area contributed by atoms with Crippen molar-refractivity contribution >= 4 is 5.91 Å². The molecule has 5 heteroatoms. The van der Waals surface area contributed by atoms with Gasteiger partial charge in [0.1, 0.15) is 11.9 Å². The second-order valence-electron chi connectivity index (χ2n) is 6.96. The summed E-state index contributed by atoms with van der Waals surface area (Å²) in [4.78, 5) is 13.3. The van der Waals surface area contributed by atoms with Gasteiger partial charge in [-0.15, -0.1) is 0 Å². The number of carbonyl (C=O) groups is 1. The summed E-state index contributed by atoms with van der Waals surface area (Å²) in [7, 11) is 1.66. The number of ether oxygens (including phenoxy) is 3. The van der Waals surface area contributed by atoms with E-state index in [0.717, 1.165) is 43.4 Å². The monoisotopic (exact) mass is 347 g/mol. The maximum Gasteiger partial charge on any atom is 0.230 e. The Morgan fingerprint density at radius 1 is 1.28 bits per heavy atom. The summed E-state index contributed by atoms with van der Waals surface area (Å²) in [5.41, 5.74) is 0.657. The third-order valence-corrected chi connectivity index (χ3v) is 5.54. The van der Waals surface area contributed by atoms with E-state index in [0.29, 0.717) is 19.8 Å². The lowest BCUT2D eigenvalue weighted by Gasteiger charge is -2.36. The zero-order valence-electron chi connectivity index (χ0n) is 15.3. The fraction of sp³-hybridized carbons (Fsp3) is 0.650. The molecule has 1 amide bonds. The Hall–Kier alpha value is -1.59. The molecule has 1 aromatic rings. The molecule has 0 aromatic heterocycles. The average molecular weight is 347 g/mol. The first-order valence-corrected chi connectivity index (χ1v) is 9.34. The van der Waals surface area contributed by atoms with Crippen LogP contribution in [0.25, 0.3) is 0 Å². The summed E-state index contributed by atoms with van der Waals surface area (Å²) in [6, 6.07) is 7.98. The van der Waals surface area contributed by atoms with Crippen LogP contribution in [0.5, 0.6) is 5.75 Å². The van der Waals surface area contributed by atoms with Gasteiger partial charge >= 0.3 is 0 Å². The van der Waals surface area contributed by atoms with Crippen molar-refractivity contribution in [3.63, 3.8) is 0 Å². The van der Waals surface area contributed by atoms with E-state index in [4.69, 9.17) is 14.2 Å². The summed E-state index contributed by atoms with van der Waals surface area (Å²) in [6.07, 6.45) is 4.71. The molecule has 0 radical (unpaired) electrons. The van der Waals surface area contributed by atoms with Crippen LogP contribution in [0.2, 0.25) is 0 Å². The van der Waals surface area contributed by atoms with E-state index in [2.05, 4.69) is 5.32 Å². The summed E-state index contributed by atoms with van der Waals surface area (Å²) < 4.78 is 16.5. The van der Waals surface area contributed by atoms with Gasteiger partial charge in [0, 0.05) is 13.2 Å². The lowest BCUT2D eigenvalue weighted by atomic mass is 9.77. The lowest BCUT2D eigenvalue weighted by Crippen LogP contribution is -2.54. The fourth-order valence-electron chi connectivity index (χ4n) is 4.10. The van der Waals surface area contributed by atoms with E-state index in [1.807, 2.05) is 31.2 Å². The molecule has 3 rings (SSSR count). The molecule has 138 valence electrons. The van der Waals surface area contributed by atoms with Crippen molar-refractivity contribution in [2.75, 3.05) is 26.9 Å². The third-order valence-electron chi connectivity index (χ3n) is 5.54. The molecule has 1 saturated heterocycles. The van der Waals surface area contributed by atoms with Gasteiger partial charge in [-0.25, -0.2) is 0 Å². The fourth-order valence-corrected chi connectivity index (χ4v) is 4.10.